The minimum absolute atomic E-state index is 0.0223. The van der Waals surface area contributed by atoms with E-state index in [1.54, 1.807) is 25.4 Å². The van der Waals surface area contributed by atoms with Crippen LogP contribution >= 0.6 is 0 Å². The largest absolute Gasteiger partial charge is 0.493 e. The average molecular weight is 378 g/mol. The lowest BCUT2D eigenvalue weighted by Crippen LogP contribution is -2.36. The Morgan fingerprint density at radius 2 is 1.96 bits per heavy atom. The van der Waals surface area contributed by atoms with Crippen LogP contribution in [0.4, 0.5) is 4.39 Å². The first-order valence-corrected chi connectivity index (χ1v) is 9.40. The number of nitrogens with one attached hydrogen (secondary N) is 1. The predicted octanol–water partition coefficient (Wildman–Crippen LogP) is 4.55. The van der Waals surface area contributed by atoms with E-state index in [-0.39, 0.29) is 18.0 Å². The molecule has 2 aromatic carbocycles. The second-order valence-corrected chi connectivity index (χ2v) is 6.92. The Balaban J connectivity index is 1.63. The third-order valence-electron chi connectivity index (χ3n) is 5.23. The highest BCUT2D eigenvalue weighted by Gasteiger charge is 2.30. The van der Waals surface area contributed by atoms with E-state index in [0.29, 0.717) is 0 Å². The summed E-state index contributed by atoms with van der Waals surface area (Å²) in [5.74, 6) is 1.34. The predicted molar refractivity (Wildman–Crippen MR) is 107 cm³/mol. The lowest BCUT2D eigenvalue weighted by atomic mass is 9.93. The Bertz CT molecular complexity index is 945. The molecule has 4 nitrogen and oxygen atoms in total. The number of fused-ring (bicyclic) bond motifs is 1. The van der Waals surface area contributed by atoms with Gasteiger partial charge in [-0.3, -0.25) is 4.98 Å². The quantitative estimate of drug-likeness (QED) is 0.707. The number of aromatic nitrogens is 1. The van der Waals surface area contributed by atoms with Gasteiger partial charge in [0, 0.05) is 18.0 Å². The summed E-state index contributed by atoms with van der Waals surface area (Å²) in [7, 11) is 3.59. The molecule has 0 saturated heterocycles. The summed E-state index contributed by atoms with van der Waals surface area (Å²) in [4.78, 5) is 4.41. The van der Waals surface area contributed by atoms with E-state index >= 15 is 0 Å². The standard InChI is InChI=1S/C23H23FN2O2/c1-25-22(20-11-8-16-4-3-5-21(27-2)23(16)28-20)18-12-17(13-26-14-18)15-6-9-19(24)10-7-15/h3-7,9-10,12-14,20,22,25H,8,11H2,1-2H3/t20-,22?/m1/s1. The number of nitrogens with zero attached hydrogens (tertiary/aromatic N) is 1. The van der Waals surface area contributed by atoms with Crippen LogP contribution in [0.5, 0.6) is 11.5 Å². The molecule has 1 N–H and O–H groups in total. The van der Waals surface area contributed by atoms with Crippen LogP contribution in [0.25, 0.3) is 11.1 Å². The fraction of sp³-hybridized carbons (Fsp3) is 0.261. The van der Waals surface area contributed by atoms with Gasteiger partial charge in [0.1, 0.15) is 11.9 Å². The second-order valence-electron chi connectivity index (χ2n) is 6.92. The van der Waals surface area contributed by atoms with Crippen molar-refractivity contribution in [3.05, 3.63) is 77.9 Å². The van der Waals surface area contributed by atoms with E-state index in [9.17, 15) is 4.39 Å². The molecule has 3 aromatic rings. The van der Waals surface area contributed by atoms with E-state index in [1.165, 1.54) is 17.7 Å². The highest BCUT2D eigenvalue weighted by atomic mass is 19.1. The van der Waals surface area contributed by atoms with Crippen LogP contribution in [-0.4, -0.2) is 25.2 Å². The topological polar surface area (TPSA) is 43.4 Å². The zero-order valence-electron chi connectivity index (χ0n) is 16.0. The van der Waals surface area contributed by atoms with Gasteiger partial charge in [-0.2, -0.15) is 0 Å². The van der Waals surface area contributed by atoms with Crippen molar-refractivity contribution in [1.82, 2.24) is 10.3 Å². The molecule has 0 amide bonds. The zero-order chi connectivity index (χ0) is 19.5. The molecule has 5 heteroatoms. The van der Waals surface area contributed by atoms with Gasteiger partial charge in [-0.05, 0) is 60.8 Å². The molecule has 4 rings (SSSR count). The Morgan fingerprint density at radius 3 is 2.71 bits per heavy atom. The third kappa shape index (κ3) is 3.58. The van der Waals surface area contributed by atoms with Crippen LogP contribution < -0.4 is 14.8 Å². The van der Waals surface area contributed by atoms with Crippen molar-refractivity contribution in [3.63, 3.8) is 0 Å². The number of ether oxygens (including phenoxy) is 2. The molecule has 0 spiro atoms. The molecule has 1 aliphatic heterocycles. The molecule has 2 atom stereocenters. The fourth-order valence-corrected chi connectivity index (χ4v) is 3.79. The van der Waals surface area contributed by atoms with E-state index < -0.39 is 0 Å². The molecule has 0 aliphatic carbocycles. The van der Waals surface area contributed by atoms with Crippen molar-refractivity contribution in [2.75, 3.05) is 14.2 Å². The molecule has 28 heavy (non-hydrogen) atoms. The van der Waals surface area contributed by atoms with Crippen molar-refractivity contribution in [2.24, 2.45) is 0 Å². The molecular weight excluding hydrogens is 355 g/mol. The first kappa shape index (κ1) is 18.4. The van der Waals surface area contributed by atoms with Gasteiger partial charge in [0.25, 0.3) is 0 Å². The number of hydrogen-bond donors (Lipinski definition) is 1. The molecular formula is C23H23FN2O2. The summed E-state index contributed by atoms with van der Waals surface area (Å²) in [6.45, 7) is 0. The van der Waals surface area contributed by atoms with E-state index in [2.05, 4.69) is 22.4 Å². The monoisotopic (exact) mass is 378 g/mol. The van der Waals surface area contributed by atoms with Crippen LogP contribution in [0.1, 0.15) is 23.6 Å². The third-order valence-corrected chi connectivity index (χ3v) is 5.23. The maximum Gasteiger partial charge on any atom is 0.164 e. The van der Waals surface area contributed by atoms with Crippen molar-refractivity contribution < 1.29 is 13.9 Å². The first-order valence-electron chi connectivity index (χ1n) is 9.40. The minimum Gasteiger partial charge on any atom is -0.493 e. The summed E-state index contributed by atoms with van der Waals surface area (Å²) in [6.07, 6.45) is 5.44. The normalized spacial score (nSPS) is 16.8. The molecule has 0 bridgehead atoms. The maximum atomic E-state index is 13.2. The van der Waals surface area contributed by atoms with Gasteiger partial charge in [-0.1, -0.05) is 24.3 Å². The van der Waals surface area contributed by atoms with Gasteiger partial charge in [0.05, 0.1) is 13.2 Å². The van der Waals surface area contributed by atoms with E-state index in [0.717, 1.165) is 41.0 Å². The maximum absolute atomic E-state index is 13.2. The van der Waals surface area contributed by atoms with Gasteiger partial charge < -0.3 is 14.8 Å². The molecule has 0 saturated carbocycles. The smallest absolute Gasteiger partial charge is 0.164 e. The highest BCUT2D eigenvalue weighted by molar-refractivity contribution is 5.63. The second kappa shape index (κ2) is 7.98. The van der Waals surface area contributed by atoms with Crippen LogP contribution in [0.3, 0.4) is 0 Å². The van der Waals surface area contributed by atoms with Gasteiger partial charge in [-0.25, -0.2) is 4.39 Å². The number of halogens is 1. The summed E-state index contributed by atoms with van der Waals surface area (Å²) in [5.41, 5.74) is 4.09. The first-order chi connectivity index (χ1) is 13.7. The van der Waals surface area contributed by atoms with E-state index in [4.69, 9.17) is 9.47 Å². The van der Waals surface area contributed by atoms with Crippen LogP contribution in [0, 0.1) is 5.82 Å². The summed E-state index contributed by atoms with van der Waals surface area (Å²) < 4.78 is 25.1. The lowest BCUT2D eigenvalue weighted by molar-refractivity contribution is 0.127. The van der Waals surface area contributed by atoms with Crippen LogP contribution in [0.2, 0.25) is 0 Å². The number of rotatable bonds is 5. The minimum atomic E-state index is -0.246. The van der Waals surface area contributed by atoms with Crippen molar-refractivity contribution >= 4 is 0 Å². The number of methoxy groups -OCH3 is 1. The molecule has 144 valence electrons. The number of aryl methyl sites for hydroxylation is 1. The van der Waals surface area contributed by atoms with Gasteiger partial charge >= 0.3 is 0 Å². The Kier molecular flexibility index (Phi) is 5.26. The number of pyridine rings is 1. The zero-order valence-corrected chi connectivity index (χ0v) is 16.0. The fourth-order valence-electron chi connectivity index (χ4n) is 3.79. The van der Waals surface area contributed by atoms with Crippen LogP contribution in [-0.2, 0) is 6.42 Å². The summed E-state index contributed by atoms with van der Waals surface area (Å²) in [6, 6.07) is 14.5. The Hall–Kier alpha value is -2.92. The highest BCUT2D eigenvalue weighted by Crippen LogP contribution is 2.39. The molecule has 0 radical (unpaired) electrons. The Labute approximate surface area is 164 Å². The molecule has 1 aliphatic rings. The van der Waals surface area contributed by atoms with Gasteiger partial charge in [0.15, 0.2) is 11.5 Å². The van der Waals surface area contributed by atoms with Crippen molar-refractivity contribution in [2.45, 2.75) is 25.0 Å². The molecule has 1 aromatic heterocycles. The number of benzene rings is 2. The number of hydrogen-bond acceptors (Lipinski definition) is 4. The summed E-state index contributed by atoms with van der Waals surface area (Å²) >= 11 is 0. The van der Waals surface area contributed by atoms with Gasteiger partial charge in [0.2, 0.25) is 0 Å². The summed E-state index contributed by atoms with van der Waals surface area (Å²) in [5, 5.41) is 3.38. The lowest BCUT2D eigenvalue weighted by Gasteiger charge is -2.33. The van der Waals surface area contributed by atoms with E-state index in [1.807, 2.05) is 25.4 Å². The van der Waals surface area contributed by atoms with Crippen molar-refractivity contribution in [1.29, 1.82) is 0 Å². The number of likely N-dealkylation sites (N-methyl/N-ethyl adjacent to an activating group) is 1. The Morgan fingerprint density at radius 1 is 1.14 bits per heavy atom. The molecule has 2 heterocycles. The van der Waals surface area contributed by atoms with Crippen molar-refractivity contribution in [3.8, 4) is 22.6 Å². The molecule has 0 fully saturated rings. The van der Waals surface area contributed by atoms with Crippen LogP contribution in [0.15, 0.2) is 60.9 Å². The average Bonchev–Trinajstić information content (AvgIpc) is 2.74. The number of para-hydroxylation sites is 1. The molecule has 1 unspecified atom stereocenters. The van der Waals surface area contributed by atoms with Gasteiger partial charge in [-0.15, -0.1) is 0 Å². The SMILES string of the molecule is CNC(c1cncc(-c2ccc(F)cc2)c1)[C@H]1CCc2cccc(OC)c2O1.